The van der Waals surface area contributed by atoms with E-state index in [0.717, 1.165) is 11.3 Å². The third-order valence-electron chi connectivity index (χ3n) is 4.09. The first-order valence-corrected chi connectivity index (χ1v) is 9.57. The van der Waals surface area contributed by atoms with Gasteiger partial charge in [0.15, 0.2) is 17.3 Å². The van der Waals surface area contributed by atoms with Gasteiger partial charge in [-0.05, 0) is 42.0 Å². The number of thioether (sulfide) groups is 1. The second-order valence-corrected chi connectivity index (χ2v) is 6.45. The van der Waals surface area contributed by atoms with Crippen LogP contribution in [0.1, 0.15) is 17.2 Å². The minimum Gasteiger partial charge on any atom is -0.497 e. The Morgan fingerprint density at radius 1 is 1.07 bits per heavy atom. The SMILES string of the molecule is COc1ccc(C(O)C(=NCCc2ccc(OC)c(OC)c2F)SC)cc1. The van der Waals surface area contributed by atoms with Gasteiger partial charge in [0.1, 0.15) is 16.9 Å². The van der Waals surface area contributed by atoms with Gasteiger partial charge in [-0.15, -0.1) is 11.8 Å². The summed E-state index contributed by atoms with van der Waals surface area (Å²) in [5, 5.41) is 11.1. The molecule has 2 rings (SSSR count). The number of nitrogens with zero attached hydrogens (tertiary/aromatic N) is 1. The zero-order chi connectivity index (χ0) is 19.8. The fraction of sp³-hybridized carbons (Fsp3) is 0.350. The van der Waals surface area contributed by atoms with Crippen molar-refractivity contribution in [2.75, 3.05) is 34.1 Å². The molecular weight excluding hydrogens is 369 g/mol. The van der Waals surface area contributed by atoms with Crippen LogP contribution in [0.25, 0.3) is 0 Å². The van der Waals surface area contributed by atoms with E-state index in [1.54, 1.807) is 43.5 Å². The number of hydrogen-bond donors (Lipinski definition) is 1. The zero-order valence-corrected chi connectivity index (χ0v) is 16.7. The first kappa shape index (κ1) is 21.1. The van der Waals surface area contributed by atoms with Crippen LogP contribution < -0.4 is 14.2 Å². The summed E-state index contributed by atoms with van der Waals surface area (Å²) < 4.78 is 29.8. The van der Waals surface area contributed by atoms with Crippen LogP contribution in [0.3, 0.4) is 0 Å². The molecule has 0 aliphatic rings. The quantitative estimate of drug-likeness (QED) is 0.545. The van der Waals surface area contributed by atoms with Gasteiger partial charge in [-0.3, -0.25) is 4.99 Å². The molecule has 0 radical (unpaired) electrons. The normalized spacial score (nSPS) is 12.6. The van der Waals surface area contributed by atoms with Crippen molar-refractivity contribution >= 4 is 16.8 Å². The van der Waals surface area contributed by atoms with Gasteiger partial charge >= 0.3 is 0 Å². The van der Waals surface area contributed by atoms with E-state index < -0.39 is 11.9 Å². The molecule has 0 amide bonds. The molecule has 1 unspecified atom stereocenters. The standard InChI is InChI=1S/C20H24FNO4S/c1-24-15-8-5-14(6-9-15)18(23)20(27-4)22-12-11-13-7-10-16(25-2)19(26-3)17(13)21/h5-10,18,23H,11-12H2,1-4H3. The molecule has 0 heterocycles. The average Bonchev–Trinajstić information content (AvgIpc) is 2.71. The molecule has 5 nitrogen and oxygen atoms in total. The second kappa shape index (κ2) is 10.2. The summed E-state index contributed by atoms with van der Waals surface area (Å²) in [5.74, 6) is 0.704. The molecule has 0 aliphatic carbocycles. The van der Waals surface area contributed by atoms with Crippen LogP contribution in [-0.4, -0.2) is 44.3 Å². The summed E-state index contributed by atoms with van der Waals surface area (Å²) in [4.78, 5) is 4.46. The number of rotatable bonds is 8. The number of methoxy groups -OCH3 is 3. The zero-order valence-electron chi connectivity index (χ0n) is 15.9. The number of aliphatic hydroxyl groups is 1. The van der Waals surface area contributed by atoms with E-state index in [0.29, 0.717) is 29.3 Å². The Bertz CT molecular complexity index is 780. The largest absolute Gasteiger partial charge is 0.497 e. The number of aliphatic imine (C=N–C) groups is 1. The molecule has 1 N–H and O–H groups in total. The molecule has 0 spiro atoms. The van der Waals surface area contributed by atoms with Gasteiger partial charge in [-0.1, -0.05) is 18.2 Å². The van der Waals surface area contributed by atoms with Crippen molar-refractivity contribution in [1.82, 2.24) is 0 Å². The van der Waals surface area contributed by atoms with E-state index >= 15 is 0 Å². The van der Waals surface area contributed by atoms with E-state index in [1.807, 2.05) is 6.26 Å². The summed E-state index contributed by atoms with van der Waals surface area (Å²) in [5.41, 5.74) is 1.21. The van der Waals surface area contributed by atoms with Gasteiger partial charge in [-0.25, -0.2) is 4.39 Å². The lowest BCUT2D eigenvalue weighted by Crippen LogP contribution is -2.10. The van der Waals surface area contributed by atoms with Crippen LogP contribution >= 0.6 is 11.8 Å². The molecule has 7 heteroatoms. The lowest BCUT2D eigenvalue weighted by atomic mass is 10.1. The molecule has 0 aromatic heterocycles. The Morgan fingerprint density at radius 3 is 2.33 bits per heavy atom. The van der Waals surface area contributed by atoms with Gasteiger partial charge < -0.3 is 19.3 Å². The maximum absolute atomic E-state index is 14.5. The summed E-state index contributed by atoms with van der Waals surface area (Å²) >= 11 is 1.37. The van der Waals surface area contributed by atoms with Gasteiger partial charge in [0, 0.05) is 6.54 Å². The van der Waals surface area contributed by atoms with E-state index in [1.165, 1.54) is 26.0 Å². The summed E-state index contributed by atoms with van der Waals surface area (Å²) in [6, 6.07) is 10.5. The molecule has 0 aliphatic heterocycles. The second-order valence-electron chi connectivity index (χ2n) is 5.62. The smallest absolute Gasteiger partial charge is 0.197 e. The maximum atomic E-state index is 14.5. The Labute approximate surface area is 163 Å². The van der Waals surface area contributed by atoms with Gasteiger partial charge in [0.05, 0.1) is 21.3 Å². The maximum Gasteiger partial charge on any atom is 0.197 e. The summed E-state index contributed by atoms with van der Waals surface area (Å²) in [6.45, 7) is 0.343. The molecular formula is C20H24FNO4S. The highest BCUT2D eigenvalue weighted by Crippen LogP contribution is 2.32. The first-order chi connectivity index (χ1) is 13.0. The third-order valence-corrected chi connectivity index (χ3v) is 4.86. The third kappa shape index (κ3) is 5.14. The van der Waals surface area contributed by atoms with E-state index in [-0.39, 0.29) is 5.75 Å². The highest BCUT2D eigenvalue weighted by atomic mass is 32.2. The highest BCUT2D eigenvalue weighted by Gasteiger charge is 2.16. The lowest BCUT2D eigenvalue weighted by Gasteiger charge is -2.14. The average molecular weight is 393 g/mol. The number of aliphatic hydroxyl groups excluding tert-OH is 1. The summed E-state index contributed by atoms with van der Waals surface area (Å²) in [6.07, 6.45) is 1.40. The van der Waals surface area contributed by atoms with E-state index in [4.69, 9.17) is 14.2 Å². The van der Waals surface area contributed by atoms with Crippen molar-refractivity contribution < 1.29 is 23.7 Å². The monoisotopic (exact) mass is 393 g/mol. The Balaban J connectivity index is 2.10. The Kier molecular flexibility index (Phi) is 7.94. The van der Waals surface area contributed by atoms with Crippen LogP contribution in [0.15, 0.2) is 41.4 Å². The molecule has 2 aromatic rings. The van der Waals surface area contributed by atoms with Gasteiger partial charge in [0.25, 0.3) is 0 Å². The lowest BCUT2D eigenvalue weighted by molar-refractivity contribution is 0.250. The fourth-order valence-electron chi connectivity index (χ4n) is 2.60. The van der Waals surface area contributed by atoms with Gasteiger partial charge in [-0.2, -0.15) is 0 Å². The molecule has 2 aromatic carbocycles. The Morgan fingerprint density at radius 2 is 1.78 bits per heavy atom. The molecule has 0 bridgehead atoms. The van der Waals surface area contributed by atoms with Crippen LogP contribution in [0.4, 0.5) is 4.39 Å². The summed E-state index contributed by atoms with van der Waals surface area (Å²) in [7, 11) is 4.46. The molecule has 0 saturated heterocycles. The molecule has 0 saturated carbocycles. The highest BCUT2D eigenvalue weighted by molar-refractivity contribution is 8.13. The van der Waals surface area contributed by atoms with Crippen molar-refractivity contribution in [3.05, 3.63) is 53.3 Å². The van der Waals surface area contributed by atoms with E-state index in [2.05, 4.69) is 4.99 Å². The molecule has 27 heavy (non-hydrogen) atoms. The number of ether oxygens (including phenoxy) is 3. The van der Waals surface area contributed by atoms with Crippen LogP contribution in [0, 0.1) is 5.82 Å². The van der Waals surface area contributed by atoms with Crippen LogP contribution in [0.5, 0.6) is 17.2 Å². The minimum atomic E-state index is -0.832. The van der Waals surface area contributed by atoms with E-state index in [9.17, 15) is 9.50 Å². The minimum absolute atomic E-state index is 0.0855. The fourth-order valence-corrected chi connectivity index (χ4v) is 3.18. The molecule has 146 valence electrons. The predicted octanol–water partition coefficient (Wildman–Crippen LogP) is 3.89. The van der Waals surface area contributed by atoms with Crippen molar-refractivity contribution in [3.8, 4) is 17.2 Å². The Hall–Kier alpha value is -2.25. The van der Waals surface area contributed by atoms with Crippen molar-refractivity contribution in [2.45, 2.75) is 12.5 Å². The number of benzene rings is 2. The topological polar surface area (TPSA) is 60.3 Å². The van der Waals surface area contributed by atoms with Crippen molar-refractivity contribution in [2.24, 2.45) is 4.99 Å². The molecule has 0 fully saturated rings. The number of hydrogen-bond acceptors (Lipinski definition) is 6. The van der Waals surface area contributed by atoms with Crippen LogP contribution in [0.2, 0.25) is 0 Å². The number of halogens is 1. The predicted molar refractivity (Wildman–Crippen MR) is 107 cm³/mol. The van der Waals surface area contributed by atoms with Crippen molar-refractivity contribution in [1.29, 1.82) is 0 Å². The van der Waals surface area contributed by atoms with Gasteiger partial charge in [0.2, 0.25) is 0 Å². The van der Waals surface area contributed by atoms with Crippen molar-refractivity contribution in [3.63, 3.8) is 0 Å². The first-order valence-electron chi connectivity index (χ1n) is 8.35. The molecule has 1 atom stereocenters. The van der Waals surface area contributed by atoms with Crippen LogP contribution in [-0.2, 0) is 6.42 Å².